The van der Waals surface area contributed by atoms with Crippen LogP contribution in [0.15, 0.2) is 18.2 Å². The van der Waals surface area contributed by atoms with Gasteiger partial charge in [0.25, 0.3) is 5.91 Å². The number of piperidine rings is 1. The molecule has 5 nitrogen and oxygen atoms in total. The van der Waals surface area contributed by atoms with Crippen LogP contribution in [0.2, 0.25) is 10.0 Å². The minimum Gasteiger partial charge on any atom is -0.350 e. The molecule has 1 aromatic rings. The van der Waals surface area contributed by atoms with Crippen molar-refractivity contribution in [2.24, 2.45) is 5.92 Å². The molecule has 25 heavy (non-hydrogen) atoms. The molecule has 7 heteroatoms. The monoisotopic (exact) mass is 383 g/mol. The topological polar surface area (TPSA) is 61.4 Å². The van der Waals surface area contributed by atoms with Crippen LogP contribution in [0, 0.1) is 5.92 Å². The standard InChI is InChI=1S/C18H23Cl2N3O2/c1-11-6-7-21-10-15(11)22-17(24)16-3-2-8-23(16)18(25)13-9-12(19)4-5-14(13)20/h4-5,9,11,15-16,21H,2-3,6-8,10H2,1H3,(H,22,24). The van der Waals surface area contributed by atoms with Crippen molar-refractivity contribution in [1.29, 1.82) is 0 Å². The Morgan fingerprint density at radius 1 is 1.28 bits per heavy atom. The molecule has 0 aromatic heterocycles. The zero-order chi connectivity index (χ0) is 18.0. The van der Waals surface area contributed by atoms with E-state index in [0.717, 1.165) is 25.9 Å². The quantitative estimate of drug-likeness (QED) is 0.843. The van der Waals surface area contributed by atoms with Gasteiger partial charge in [0.15, 0.2) is 0 Å². The number of hydrogen-bond acceptors (Lipinski definition) is 3. The predicted octanol–water partition coefficient (Wildman–Crippen LogP) is 2.71. The fraction of sp³-hybridized carbons (Fsp3) is 0.556. The summed E-state index contributed by atoms with van der Waals surface area (Å²) < 4.78 is 0. The minimum atomic E-state index is -0.448. The van der Waals surface area contributed by atoms with Gasteiger partial charge < -0.3 is 15.5 Å². The number of carbonyl (C=O) groups excluding carboxylic acids is 2. The third-order valence-electron chi connectivity index (χ3n) is 5.13. The Morgan fingerprint density at radius 3 is 2.84 bits per heavy atom. The molecule has 3 rings (SSSR count). The highest BCUT2D eigenvalue weighted by Crippen LogP contribution is 2.26. The van der Waals surface area contributed by atoms with E-state index in [2.05, 4.69) is 17.6 Å². The Kier molecular flexibility index (Phi) is 5.87. The second-order valence-corrected chi connectivity index (χ2v) is 7.71. The third kappa shape index (κ3) is 4.10. The van der Waals surface area contributed by atoms with Gasteiger partial charge in [-0.2, -0.15) is 0 Å². The lowest BCUT2D eigenvalue weighted by Crippen LogP contribution is -2.55. The van der Waals surface area contributed by atoms with E-state index >= 15 is 0 Å². The first-order valence-corrected chi connectivity index (χ1v) is 9.50. The SMILES string of the molecule is CC1CCNCC1NC(=O)C1CCCN1C(=O)c1cc(Cl)ccc1Cl. The van der Waals surface area contributed by atoms with Crippen LogP contribution >= 0.6 is 23.2 Å². The van der Waals surface area contributed by atoms with Crippen molar-refractivity contribution in [2.45, 2.75) is 38.3 Å². The zero-order valence-corrected chi connectivity index (χ0v) is 15.7. The van der Waals surface area contributed by atoms with Gasteiger partial charge in [0.2, 0.25) is 5.91 Å². The zero-order valence-electron chi connectivity index (χ0n) is 14.2. The maximum Gasteiger partial charge on any atom is 0.256 e. The minimum absolute atomic E-state index is 0.0791. The van der Waals surface area contributed by atoms with Crippen molar-refractivity contribution in [3.8, 4) is 0 Å². The molecule has 0 spiro atoms. The predicted molar refractivity (Wildman–Crippen MR) is 99.1 cm³/mol. The number of nitrogens with zero attached hydrogens (tertiary/aromatic N) is 1. The van der Waals surface area contributed by atoms with Gasteiger partial charge in [0, 0.05) is 24.2 Å². The van der Waals surface area contributed by atoms with Crippen molar-refractivity contribution < 1.29 is 9.59 Å². The summed E-state index contributed by atoms with van der Waals surface area (Å²) in [6.07, 6.45) is 2.52. The smallest absolute Gasteiger partial charge is 0.256 e. The number of likely N-dealkylation sites (tertiary alicyclic amines) is 1. The first-order chi connectivity index (χ1) is 12.0. The third-order valence-corrected chi connectivity index (χ3v) is 5.70. The Balaban J connectivity index is 1.72. The number of amides is 2. The molecule has 1 aromatic carbocycles. The average Bonchev–Trinajstić information content (AvgIpc) is 3.08. The molecular weight excluding hydrogens is 361 g/mol. The first kappa shape index (κ1) is 18.5. The Morgan fingerprint density at radius 2 is 2.08 bits per heavy atom. The molecule has 2 aliphatic heterocycles. The molecule has 2 fully saturated rings. The van der Waals surface area contributed by atoms with Gasteiger partial charge in [-0.3, -0.25) is 9.59 Å². The van der Waals surface area contributed by atoms with Crippen LogP contribution in [0.1, 0.15) is 36.5 Å². The molecule has 0 saturated carbocycles. The summed E-state index contributed by atoms with van der Waals surface area (Å²) >= 11 is 12.2. The van der Waals surface area contributed by atoms with Crippen LogP contribution in [0.5, 0.6) is 0 Å². The fourth-order valence-corrected chi connectivity index (χ4v) is 3.93. The molecule has 0 bridgehead atoms. The number of benzene rings is 1. The lowest BCUT2D eigenvalue weighted by molar-refractivity contribution is -0.126. The van der Waals surface area contributed by atoms with E-state index < -0.39 is 6.04 Å². The summed E-state index contributed by atoms with van der Waals surface area (Å²) in [7, 11) is 0. The van der Waals surface area contributed by atoms with Crippen molar-refractivity contribution in [2.75, 3.05) is 19.6 Å². The summed E-state index contributed by atoms with van der Waals surface area (Å²) in [6.45, 7) is 4.45. The van der Waals surface area contributed by atoms with Crippen molar-refractivity contribution >= 4 is 35.0 Å². The summed E-state index contributed by atoms with van der Waals surface area (Å²) in [6, 6.07) is 4.47. The molecule has 2 saturated heterocycles. The second-order valence-electron chi connectivity index (χ2n) is 6.87. The number of carbonyl (C=O) groups is 2. The second kappa shape index (κ2) is 7.94. The van der Waals surface area contributed by atoms with Gasteiger partial charge >= 0.3 is 0 Å². The van der Waals surface area contributed by atoms with Gasteiger partial charge in [0.05, 0.1) is 10.6 Å². The highest BCUT2D eigenvalue weighted by atomic mass is 35.5. The van der Waals surface area contributed by atoms with E-state index in [1.807, 2.05) is 0 Å². The van der Waals surface area contributed by atoms with Crippen molar-refractivity contribution in [1.82, 2.24) is 15.5 Å². The maximum atomic E-state index is 12.9. The van der Waals surface area contributed by atoms with E-state index in [1.54, 1.807) is 23.1 Å². The van der Waals surface area contributed by atoms with Gasteiger partial charge in [-0.25, -0.2) is 0 Å². The van der Waals surface area contributed by atoms with E-state index in [-0.39, 0.29) is 17.9 Å². The van der Waals surface area contributed by atoms with Gasteiger partial charge in [0.1, 0.15) is 6.04 Å². The molecule has 2 aliphatic rings. The normalized spacial score (nSPS) is 26.5. The van der Waals surface area contributed by atoms with Crippen LogP contribution in [0.25, 0.3) is 0 Å². The van der Waals surface area contributed by atoms with E-state index in [4.69, 9.17) is 23.2 Å². The Bertz CT molecular complexity index is 668. The van der Waals surface area contributed by atoms with E-state index in [0.29, 0.717) is 34.5 Å². The van der Waals surface area contributed by atoms with Crippen LogP contribution in [-0.4, -0.2) is 48.4 Å². The van der Waals surface area contributed by atoms with Crippen LogP contribution < -0.4 is 10.6 Å². The first-order valence-electron chi connectivity index (χ1n) is 8.74. The van der Waals surface area contributed by atoms with E-state index in [9.17, 15) is 9.59 Å². The summed E-state index contributed by atoms with van der Waals surface area (Å²) in [5, 5.41) is 7.23. The molecule has 0 aliphatic carbocycles. The fourth-order valence-electron chi connectivity index (χ4n) is 3.56. The Hall–Kier alpha value is -1.30. The maximum absolute atomic E-state index is 12.9. The van der Waals surface area contributed by atoms with Crippen molar-refractivity contribution in [3.63, 3.8) is 0 Å². The number of rotatable bonds is 3. The summed E-state index contributed by atoms with van der Waals surface area (Å²) in [5.74, 6) is 0.114. The van der Waals surface area contributed by atoms with Crippen LogP contribution in [0.4, 0.5) is 0 Å². The number of hydrogen-bond donors (Lipinski definition) is 2. The average molecular weight is 384 g/mol. The largest absolute Gasteiger partial charge is 0.350 e. The lowest BCUT2D eigenvalue weighted by atomic mass is 9.94. The Labute approximate surface area is 158 Å². The molecule has 2 heterocycles. The molecule has 3 atom stereocenters. The highest BCUT2D eigenvalue weighted by molar-refractivity contribution is 6.35. The summed E-state index contributed by atoms with van der Waals surface area (Å²) in [4.78, 5) is 27.3. The van der Waals surface area contributed by atoms with Crippen molar-refractivity contribution in [3.05, 3.63) is 33.8 Å². The number of nitrogens with one attached hydrogen (secondary N) is 2. The van der Waals surface area contributed by atoms with Gasteiger partial charge in [-0.15, -0.1) is 0 Å². The lowest BCUT2D eigenvalue weighted by Gasteiger charge is -2.32. The van der Waals surface area contributed by atoms with E-state index in [1.165, 1.54) is 0 Å². The molecule has 3 unspecified atom stereocenters. The van der Waals surface area contributed by atoms with Gasteiger partial charge in [-0.05, 0) is 49.9 Å². The molecule has 0 radical (unpaired) electrons. The molecule has 2 N–H and O–H groups in total. The molecule has 136 valence electrons. The van der Waals surface area contributed by atoms with Gasteiger partial charge in [-0.1, -0.05) is 30.1 Å². The molecule has 2 amide bonds. The van der Waals surface area contributed by atoms with Crippen LogP contribution in [-0.2, 0) is 4.79 Å². The highest BCUT2D eigenvalue weighted by Gasteiger charge is 2.36. The van der Waals surface area contributed by atoms with Crippen LogP contribution in [0.3, 0.4) is 0 Å². The number of halogens is 2. The molecular formula is C18H23Cl2N3O2. The summed E-state index contributed by atoms with van der Waals surface area (Å²) in [5.41, 5.74) is 0.349.